The van der Waals surface area contributed by atoms with Crippen molar-refractivity contribution in [1.82, 2.24) is 9.66 Å². The number of esters is 1. The lowest BCUT2D eigenvalue weighted by molar-refractivity contribution is -0.150. The van der Waals surface area contributed by atoms with Crippen molar-refractivity contribution < 1.29 is 28.2 Å². The Morgan fingerprint density at radius 2 is 1.88 bits per heavy atom. The van der Waals surface area contributed by atoms with E-state index in [1.165, 1.54) is 13.3 Å². The fourth-order valence-corrected chi connectivity index (χ4v) is 4.92. The van der Waals surface area contributed by atoms with Gasteiger partial charge in [-0.05, 0) is 66.2 Å². The molecular weight excluding hydrogens is 630 g/mol. The molecule has 2 aromatic heterocycles. The van der Waals surface area contributed by atoms with Gasteiger partial charge in [0.25, 0.3) is 5.56 Å². The summed E-state index contributed by atoms with van der Waals surface area (Å²) >= 11 is 10.1. The van der Waals surface area contributed by atoms with Crippen LogP contribution in [0.5, 0.6) is 17.2 Å². The van der Waals surface area contributed by atoms with E-state index in [1.807, 2.05) is 12.1 Å². The van der Waals surface area contributed by atoms with E-state index in [-0.39, 0.29) is 29.0 Å². The molecule has 5 rings (SSSR count). The van der Waals surface area contributed by atoms with E-state index < -0.39 is 17.6 Å². The van der Waals surface area contributed by atoms with E-state index >= 15 is 0 Å². The fraction of sp³-hybridized carbons (Fsp3) is 0.200. The highest BCUT2D eigenvalue weighted by Gasteiger charge is 2.23. The summed E-state index contributed by atoms with van der Waals surface area (Å²) in [7, 11) is 3.01. The molecule has 0 bridgehead atoms. The monoisotopic (exact) mass is 653 g/mol. The van der Waals surface area contributed by atoms with Crippen LogP contribution in [-0.4, -0.2) is 48.8 Å². The quantitative estimate of drug-likeness (QED) is 0.132. The minimum Gasteiger partial charge on any atom is -0.496 e. The van der Waals surface area contributed by atoms with E-state index in [9.17, 15) is 9.59 Å². The van der Waals surface area contributed by atoms with Crippen molar-refractivity contribution >= 4 is 61.6 Å². The molecule has 0 unspecified atom stereocenters. The second-order valence-corrected chi connectivity index (χ2v) is 10.1. The van der Waals surface area contributed by atoms with Crippen LogP contribution >= 0.6 is 27.5 Å². The van der Waals surface area contributed by atoms with E-state index in [0.717, 1.165) is 10.1 Å². The van der Waals surface area contributed by atoms with Crippen LogP contribution < -0.4 is 19.8 Å². The van der Waals surface area contributed by atoms with E-state index in [1.54, 1.807) is 63.4 Å². The lowest BCUT2D eigenvalue weighted by Crippen LogP contribution is -2.26. The van der Waals surface area contributed by atoms with Gasteiger partial charge in [0.05, 0.1) is 43.3 Å². The van der Waals surface area contributed by atoms with Crippen LogP contribution in [0.2, 0.25) is 5.02 Å². The number of furan rings is 1. The van der Waals surface area contributed by atoms with Gasteiger partial charge in [-0.1, -0.05) is 29.8 Å². The molecule has 0 N–H and O–H groups in total. The van der Waals surface area contributed by atoms with Gasteiger partial charge in [0.15, 0.2) is 23.4 Å². The molecule has 3 aromatic carbocycles. The Bertz CT molecular complexity index is 1900. The van der Waals surface area contributed by atoms with Gasteiger partial charge in [-0.3, -0.25) is 4.79 Å². The Morgan fingerprint density at radius 3 is 2.62 bits per heavy atom. The highest BCUT2D eigenvalue weighted by molar-refractivity contribution is 9.10. The molecule has 1 atom stereocenters. The van der Waals surface area contributed by atoms with Crippen LogP contribution in [0.4, 0.5) is 0 Å². The molecule has 42 heavy (non-hydrogen) atoms. The first-order valence-electron chi connectivity index (χ1n) is 12.8. The van der Waals surface area contributed by atoms with Crippen molar-refractivity contribution in [2.24, 2.45) is 5.10 Å². The van der Waals surface area contributed by atoms with Gasteiger partial charge in [-0.2, -0.15) is 9.78 Å². The van der Waals surface area contributed by atoms with Crippen molar-refractivity contribution in [3.63, 3.8) is 0 Å². The van der Waals surface area contributed by atoms with Gasteiger partial charge >= 0.3 is 5.97 Å². The Labute approximate surface area is 253 Å². The summed E-state index contributed by atoms with van der Waals surface area (Å²) in [5.74, 6) is 0.966. The number of aromatic nitrogens is 2. The number of carbonyl (C=O) groups is 1. The highest BCUT2D eigenvalue weighted by Crippen LogP contribution is 2.42. The highest BCUT2D eigenvalue weighted by atomic mass is 79.9. The number of rotatable bonds is 9. The zero-order chi connectivity index (χ0) is 30.0. The van der Waals surface area contributed by atoms with Crippen LogP contribution in [0.25, 0.3) is 33.5 Å². The third-order valence-electron chi connectivity index (χ3n) is 6.32. The van der Waals surface area contributed by atoms with Crippen molar-refractivity contribution in [3.05, 3.63) is 80.0 Å². The molecule has 0 amide bonds. The lowest BCUT2D eigenvalue weighted by Gasteiger charge is -2.18. The summed E-state index contributed by atoms with van der Waals surface area (Å²) < 4.78 is 29.4. The van der Waals surface area contributed by atoms with Gasteiger partial charge in [-0.15, -0.1) is 0 Å². The van der Waals surface area contributed by atoms with Crippen molar-refractivity contribution in [2.45, 2.75) is 20.0 Å². The number of carbonyl (C=O) groups excluding carboxylic acids is 1. The SMILES string of the molecule is CCOC(=O)[C@H](C)Oc1c(OC)cc(C=Nn2c(-c3cc4c(OC)cccc4o3)nc3ccccc3c2=O)c(Br)c1Cl. The summed E-state index contributed by atoms with van der Waals surface area (Å²) in [6.45, 7) is 3.46. The molecular formula is C30H25BrClN3O7. The summed E-state index contributed by atoms with van der Waals surface area (Å²) in [5.41, 5.74) is 1.11. The van der Waals surface area contributed by atoms with Gasteiger partial charge in [0, 0.05) is 10.0 Å². The summed E-state index contributed by atoms with van der Waals surface area (Å²) in [6.07, 6.45) is 0.497. The third-order valence-corrected chi connectivity index (χ3v) is 7.76. The van der Waals surface area contributed by atoms with Gasteiger partial charge in [0.1, 0.15) is 16.4 Å². The molecule has 0 spiro atoms. The standard InChI is InChI=1S/C30H25BrClN3O7/c1-5-40-30(37)16(2)41-27-23(39-4)13-17(25(31)26(27)32)15-33-35-28(34-20-10-7-6-9-18(20)29(35)36)24-14-19-21(38-3)11-8-12-22(19)42-24/h6-16H,5H2,1-4H3/t16-/m0/s1. The first kappa shape index (κ1) is 29.2. The summed E-state index contributed by atoms with van der Waals surface area (Å²) in [6, 6.07) is 15.8. The number of ether oxygens (including phenoxy) is 4. The fourth-order valence-electron chi connectivity index (χ4n) is 4.28. The molecule has 0 saturated heterocycles. The number of methoxy groups -OCH3 is 2. The van der Waals surface area contributed by atoms with Gasteiger partial charge < -0.3 is 23.4 Å². The molecule has 0 saturated carbocycles. The van der Waals surface area contributed by atoms with Crippen LogP contribution in [0.15, 0.2) is 73.4 Å². The number of fused-ring (bicyclic) bond motifs is 2. The van der Waals surface area contributed by atoms with Crippen molar-refractivity contribution in [2.75, 3.05) is 20.8 Å². The molecule has 0 aliphatic carbocycles. The minimum atomic E-state index is -0.935. The maximum Gasteiger partial charge on any atom is 0.347 e. The smallest absolute Gasteiger partial charge is 0.347 e. The van der Waals surface area contributed by atoms with Crippen molar-refractivity contribution in [3.8, 4) is 28.8 Å². The predicted octanol–water partition coefficient (Wildman–Crippen LogP) is 6.46. The zero-order valence-electron chi connectivity index (χ0n) is 23.0. The Kier molecular flexibility index (Phi) is 8.51. The van der Waals surface area contributed by atoms with E-state index in [2.05, 4.69) is 21.0 Å². The van der Waals surface area contributed by atoms with Crippen LogP contribution in [0.3, 0.4) is 0 Å². The Balaban J connectivity index is 1.63. The lowest BCUT2D eigenvalue weighted by atomic mass is 10.2. The van der Waals surface area contributed by atoms with E-state index in [0.29, 0.717) is 38.0 Å². The normalized spacial score (nSPS) is 12.1. The maximum absolute atomic E-state index is 13.7. The molecule has 0 aliphatic rings. The minimum absolute atomic E-state index is 0.139. The molecule has 216 valence electrons. The molecule has 2 heterocycles. The summed E-state index contributed by atoms with van der Waals surface area (Å²) in [4.78, 5) is 30.5. The molecule has 0 fully saturated rings. The molecule has 0 aliphatic heterocycles. The van der Waals surface area contributed by atoms with Gasteiger partial charge in [0.2, 0.25) is 5.82 Å². The molecule has 10 nitrogen and oxygen atoms in total. The largest absolute Gasteiger partial charge is 0.496 e. The maximum atomic E-state index is 13.7. The number of hydrogen-bond donors (Lipinski definition) is 0. The number of halogens is 2. The topological polar surface area (TPSA) is 114 Å². The number of benzene rings is 3. The average molecular weight is 655 g/mol. The van der Waals surface area contributed by atoms with Gasteiger partial charge in [-0.25, -0.2) is 9.78 Å². The Morgan fingerprint density at radius 1 is 1.12 bits per heavy atom. The molecule has 5 aromatic rings. The van der Waals surface area contributed by atoms with Crippen LogP contribution in [-0.2, 0) is 9.53 Å². The van der Waals surface area contributed by atoms with Crippen LogP contribution in [0, 0.1) is 0 Å². The van der Waals surface area contributed by atoms with Crippen molar-refractivity contribution in [1.29, 1.82) is 0 Å². The molecule has 0 radical (unpaired) electrons. The second kappa shape index (κ2) is 12.3. The second-order valence-electron chi connectivity index (χ2n) is 8.93. The average Bonchev–Trinajstić information content (AvgIpc) is 3.44. The van der Waals surface area contributed by atoms with Crippen LogP contribution in [0.1, 0.15) is 19.4 Å². The number of para-hydroxylation sites is 1. The first-order chi connectivity index (χ1) is 20.3. The predicted molar refractivity (Wildman–Crippen MR) is 163 cm³/mol. The van der Waals surface area contributed by atoms with E-state index in [4.69, 9.17) is 39.9 Å². The Hall–Kier alpha value is -4.35. The molecule has 12 heteroatoms. The zero-order valence-corrected chi connectivity index (χ0v) is 25.4. The number of hydrogen-bond acceptors (Lipinski definition) is 9. The third kappa shape index (κ3) is 5.45. The summed E-state index contributed by atoms with van der Waals surface area (Å²) in [5, 5.41) is 5.74. The first-order valence-corrected chi connectivity index (χ1v) is 14.0. The number of nitrogens with zero attached hydrogens (tertiary/aromatic N) is 3.